The summed E-state index contributed by atoms with van der Waals surface area (Å²) in [5, 5.41) is 2.59. The summed E-state index contributed by atoms with van der Waals surface area (Å²) in [4.78, 5) is 24.8. The molecule has 0 aliphatic rings. The van der Waals surface area contributed by atoms with Gasteiger partial charge in [0.05, 0.1) is 25.3 Å². The summed E-state index contributed by atoms with van der Waals surface area (Å²) in [5.41, 5.74) is -0.579. The molecule has 116 valence electrons. The van der Waals surface area contributed by atoms with Crippen LogP contribution in [-0.4, -0.2) is 57.0 Å². The number of amides is 1. The van der Waals surface area contributed by atoms with Gasteiger partial charge in [0, 0.05) is 13.7 Å². The van der Waals surface area contributed by atoms with Gasteiger partial charge in [-0.3, -0.25) is 14.5 Å². The van der Waals surface area contributed by atoms with Crippen molar-refractivity contribution in [3.8, 4) is 0 Å². The van der Waals surface area contributed by atoms with E-state index in [1.54, 1.807) is 0 Å². The summed E-state index contributed by atoms with van der Waals surface area (Å²) in [6.45, 7) is 0.439. The van der Waals surface area contributed by atoms with Crippen LogP contribution in [0.1, 0.15) is 10.4 Å². The number of Topliss-reactive ketones (excluding diaryl/α,β-unsaturated/α-hetero) is 1. The van der Waals surface area contributed by atoms with Gasteiger partial charge in [-0.2, -0.15) is 0 Å². The highest BCUT2D eigenvalue weighted by atomic mass is 19.1. The molecule has 0 spiro atoms. The van der Waals surface area contributed by atoms with E-state index in [1.165, 1.54) is 25.1 Å². The molecule has 0 saturated heterocycles. The number of nitrogens with zero attached hydrogens (tertiary/aromatic N) is 1. The number of carbonyl (C=O) groups excluding carboxylic acids is 2. The topological polar surface area (TPSA) is 58.6 Å². The van der Waals surface area contributed by atoms with Crippen LogP contribution in [0.15, 0.2) is 18.2 Å². The lowest BCUT2D eigenvalue weighted by Gasteiger charge is -2.15. The number of hydrogen-bond acceptors (Lipinski definition) is 4. The maximum atomic E-state index is 13.4. The zero-order valence-corrected chi connectivity index (χ0v) is 12.0. The fourth-order valence-corrected chi connectivity index (χ4v) is 1.74. The fraction of sp³-hybridized carbons (Fsp3) is 0.429. The minimum Gasteiger partial charge on any atom is -0.383 e. The molecule has 0 atom stereocenters. The standard InChI is InChI=1S/C14H18F2N2O3/c1-18(9-13(20)17-6-7-21-2)8-12(19)14-10(15)4-3-5-11(14)16/h3-5H,6-9H2,1-2H3,(H,17,20). The molecule has 0 aliphatic carbocycles. The number of carbonyl (C=O) groups is 2. The van der Waals surface area contributed by atoms with Gasteiger partial charge >= 0.3 is 0 Å². The van der Waals surface area contributed by atoms with E-state index < -0.39 is 23.0 Å². The number of nitrogens with one attached hydrogen (secondary N) is 1. The highest BCUT2D eigenvalue weighted by molar-refractivity contribution is 5.98. The van der Waals surface area contributed by atoms with Gasteiger partial charge in [-0.05, 0) is 19.2 Å². The first kappa shape index (κ1) is 17.2. The Kier molecular flexibility index (Phi) is 6.90. The lowest BCUT2D eigenvalue weighted by atomic mass is 10.1. The number of rotatable bonds is 8. The summed E-state index contributed by atoms with van der Waals surface area (Å²) >= 11 is 0. The predicted molar refractivity (Wildman–Crippen MR) is 73.1 cm³/mol. The van der Waals surface area contributed by atoms with E-state index in [9.17, 15) is 18.4 Å². The highest BCUT2D eigenvalue weighted by Crippen LogP contribution is 2.13. The molecule has 0 unspecified atom stereocenters. The van der Waals surface area contributed by atoms with Gasteiger partial charge in [-0.15, -0.1) is 0 Å². The molecule has 0 aliphatic heterocycles. The number of ether oxygens (including phenoxy) is 1. The third-order valence-electron chi connectivity index (χ3n) is 2.70. The lowest BCUT2D eigenvalue weighted by Crippen LogP contribution is -2.38. The van der Waals surface area contributed by atoms with Crippen LogP contribution < -0.4 is 5.32 Å². The molecule has 0 radical (unpaired) electrons. The van der Waals surface area contributed by atoms with Crippen LogP contribution in [-0.2, 0) is 9.53 Å². The zero-order valence-electron chi connectivity index (χ0n) is 12.0. The largest absolute Gasteiger partial charge is 0.383 e. The fourth-order valence-electron chi connectivity index (χ4n) is 1.74. The zero-order chi connectivity index (χ0) is 15.8. The maximum Gasteiger partial charge on any atom is 0.234 e. The lowest BCUT2D eigenvalue weighted by molar-refractivity contribution is -0.122. The van der Waals surface area contributed by atoms with Crippen LogP contribution >= 0.6 is 0 Å². The summed E-state index contributed by atoms with van der Waals surface area (Å²) in [7, 11) is 3.03. The summed E-state index contributed by atoms with van der Waals surface area (Å²) in [6, 6.07) is 3.23. The van der Waals surface area contributed by atoms with E-state index >= 15 is 0 Å². The van der Waals surface area contributed by atoms with Crippen molar-refractivity contribution in [2.24, 2.45) is 0 Å². The Hall–Kier alpha value is -1.86. The smallest absolute Gasteiger partial charge is 0.234 e. The molecule has 0 bridgehead atoms. The van der Waals surface area contributed by atoms with Crippen molar-refractivity contribution in [1.82, 2.24) is 10.2 Å². The first-order chi connectivity index (χ1) is 9.95. The average Bonchev–Trinajstić information content (AvgIpc) is 2.38. The Balaban J connectivity index is 2.53. The molecule has 21 heavy (non-hydrogen) atoms. The number of benzene rings is 1. The molecular weight excluding hydrogens is 282 g/mol. The molecule has 0 fully saturated rings. The van der Waals surface area contributed by atoms with Gasteiger partial charge in [0.15, 0.2) is 5.78 Å². The number of methoxy groups -OCH3 is 1. The maximum absolute atomic E-state index is 13.4. The minimum absolute atomic E-state index is 0.0501. The second kappa shape index (κ2) is 8.43. The molecule has 0 saturated carbocycles. The highest BCUT2D eigenvalue weighted by Gasteiger charge is 2.19. The van der Waals surface area contributed by atoms with Crippen molar-refractivity contribution in [3.05, 3.63) is 35.4 Å². The van der Waals surface area contributed by atoms with Crippen molar-refractivity contribution in [2.45, 2.75) is 0 Å². The van der Waals surface area contributed by atoms with Crippen LogP contribution in [0.25, 0.3) is 0 Å². The molecule has 1 aromatic rings. The Morgan fingerprint density at radius 2 is 1.86 bits per heavy atom. The quantitative estimate of drug-likeness (QED) is 0.571. The molecule has 1 N–H and O–H groups in total. The third kappa shape index (κ3) is 5.57. The monoisotopic (exact) mass is 300 g/mol. The average molecular weight is 300 g/mol. The van der Waals surface area contributed by atoms with Crippen molar-refractivity contribution in [3.63, 3.8) is 0 Å². The van der Waals surface area contributed by atoms with Crippen LogP contribution in [0, 0.1) is 11.6 Å². The summed E-state index contributed by atoms with van der Waals surface area (Å²) in [6.07, 6.45) is 0. The molecule has 1 aromatic carbocycles. The Morgan fingerprint density at radius 3 is 2.43 bits per heavy atom. The van der Waals surface area contributed by atoms with E-state index in [4.69, 9.17) is 4.74 Å². The SMILES string of the molecule is COCCNC(=O)CN(C)CC(=O)c1c(F)cccc1F. The van der Waals surface area contributed by atoms with E-state index in [-0.39, 0.29) is 19.0 Å². The van der Waals surface area contributed by atoms with E-state index in [0.29, 0.717) is 13.2 Å². The Bertz CT molecular complexity index is 489. The van der Waals surface area contributed by atoms with Gasteiger partial charge in [0.2, 0.25) is 5.91 Å². The van der Waals surface area contributed by atoms with Gasteiger partial charge in [-0.1, -0.05) is 6.07 Å². The van der Waals surface area contributed by atoms with Crippen molar-refractivity contribution >= 4 is 11.7 Å². The van der Waals surface area contributed by atoms with Crippen LogP contribution in [0.5, 0.6) is 0 Å². The molecular formula is C14H18F2N2O3. The van der Waals surface area contributed by atoms with Crippen molar-refractivity contribution < 1.29 is 23.1 Å². The first-order valence-electron chi connectivity index (χ1n) is 6.37. The predicted octanol–water partition coefficient (Wildman–Crippen LogP) is 0.842. The third-order valence-corrected chi connectivity index (χ3v) is 2.70. The number of hydrogen-bond donors (Lipinski definition) is 1. The summed E-state index contributed by atoms with van der Waals surface area (Å²) < 4.78 is 31.7. The normalized spacial score (nSPS) is 10.7. The summed E-state index contributed by atoms with van der Waals surface area (Å²) in [5.74, 6) is -2.81. The second-order valence-corrected chi connectivity index (χ2v) is 4.53. The minimum atomic E-state index is -0.905. The molecule has 0 heterocycles. The molecule has 1 rings (SSSR count). The second-order valence-electron chi connectivity index (χ2n) is 4.53. The van der Waals surface area contributed by atoms with E-state index in [1.807, 2.05) is 0 Å². The van der Waals surface area contributed by atoms with Crippen LogP contribution in [0.4, 0.5) is 8.78 Å². The van der Waals surface area contributed by atoms with E-state index in [0.717, 1.165) is 12.1 Å². The van der Waals surface area contributed by atoms with Gasteiger partial charge in [0.25, 0.3) is 0 Å². The number of likely N-dealkylation sites (N-methyl/N-ethyl adjacent to an activating group) is 1. The van der Waals surface area contributed by atoms with Crippen LogP contribution in [0.2, 0.25) is 0 Å². The van der Waals surface area contributed by atoms with Crippen molar-refractivity contribution in [1.29, 1.82) is 0 Å². The molecule has 7 heteroatoms. The van der Waals surface area contributed by atoms with Gasteiger partial charge < -0.3 is 10.1 Å². The number of ketones is 1. The van der Waals surface area contributed by atoms with Crippen molar-refractivity contribution in [2.75, 3.05) is 40.4 Å². The first-order valence-corrected chi connectivity index (χ1v) is 6.37. The molecule has 5 nitrogen and oxygen atoms in total. The van der Waals surface area contributed by atoms with Gasteiger partial charge in [0.1, 0.15) is 11.6 Å². The van der Waals surface area contributed by atoms with E-state index in [2.05, 4.69) is 5.32 Å². The van der Waals surface area contributed by atoms with Gasteiger partial charge in [-0.25, -0.2) is 8.78 Å². The Labute approximate surface area is 121 Å². The molecule has 1 amide bonds. The van der Waals surface area contributed by atoms with Crippen LogP contribution in [0.3, 0.4) is 0 Å². The Morgan fingerprint density at radius 1 is 1.24 bits per heavy atom. The number of halogens is 2. The molecule has 0 aromatic heterocycles.